The number of hydrogen-bond donors (Lipinski definition) is 0. The summed E-state index contributed by atoms with van der Waals surface area (Å²) in [6.45, 7) is 8.18. The first-order chi connectivity index (χ1) is 10.7. The van der Waals surface area contributed by atoms with E-state index in [1.54, 1.807) is 19.8 Å². The van der Waals surface area contributed by atoms with Crippen LogP contribution in [0, 0.1) is 5.92 Å². The fraction of sp³-hybridized carbons (Fsp3) is 0.684. The van der Waals surface area contributed by atoms with E-state index in [-0.39, 0.29) is 12.4 Å². The van der Waals surface area contributed by atoms with Crippen molar-refractivity contribution < 1.29 is 9.47 Å². The number of fused-ring (bicyclic) bond motifs is 3. The number of methoxy groups -OCH3 is 2. The highest BCUT2D eigenvalue weighted by atomic mass is 35.5. The largest absolute Gasteiger partial charge is 0.493 e. The highest BCUT2D eigenvalue weighted by Gasteiger charge is 2.39. The monoisotopic (exact) mass is 339 g/mol. The van der Waals surface area contributed by atoms with Crippen LogP contribution in [-0.4, -0.2) is 38.8 Å². The topological polar surface area (TPSA) is 21.7 Å². The summed E-state index contributed by atoms with van der Waals surface area (Å²) < 4.78 is 11.3. The van der Waals surface area contributed by atoms with Gasteiger partial charge in [-0.05, 0) is 48.9 Å². The molecule has 1 aliphatic heterocycles. The number of likely N-dealkylation sites (tertiary alicyclic amines) is 1. The number of halogens is 1. The van der Waals surface area contributed by atoms with E-state index < -0.39 is 0 Å². The molecule has 0 spiro atoms. The van der Waals surface area contributed by atoms with Crippen LogP contribution in [0.25, 0.3) is 0 Å². The van der Waals surface area contributed by atoms with E-state index >= 15 is 0 Å². The van der Waals surface area contributed by atoms with Crippen LogP contribution >= 0.6 is 12.4 Å². The Balaban J connectivity index is 0.00000192. The van der Waals surface area contributed by atoms with E-state index in [2.05, 4.69) is 24.8 Å². The molecule has 0 N–H and O–H groups in total. The van der Waals surface area contributed by atoms with Crippen molar-refractivity contribution in [3.63, 3.8) is 0 Å². The third-order valence-corrected chi connectivity index (χ3v) is 5.52. The molecule has 0 saturated carbocycles. The molecule has 3 nitrogen and oxygen atoms in total. The maximum Gasteiger partial charge on any atom is 0.164 e. The minimum atomic E-state index is 0. The Bertz CT molecular complexity index is 547. The summed E-state index contributed by atoms with van der Waals surface area (Å²) in [6, 6.07) is 2.23. The molecule has 1 aromatic carbocycles. The van der Waals surface area contributed by atoms with Gasteiger partial charge >= 0.3 is 0 Å². The highest BCUT2D eigenvalue weighted by Crippen LogP contribution is 2.48. The van der Waals surface area contributed by atoms with E-state index in [9.17, 15) is 0 Å². The van der Waals surface area contributed by atoms with E-state index in [4.69, 9.17) is 9.47 Å². The third-order valence-electron chi connectivity index (χ3n) is 5.52. The summed E-state index contributed by atoms with van der Waals surface area (Å²) in [6.07, 6.45) is 4.73. The number of benzene rings is 1. The first kappa shape index (κ1) is 18.4. The van der Waals surface area contributed by atoms with Crippen LogP contribution in [0.2, 0.25) is 0 Å². The van der Waals surface area contributed by atoms with Crippen LogP contribution in [0.5, 0.6) is 11.5 Å². The van der Waals surface area contributed by atoms with Gasteiger partial charge in [-0.3, -0.25) is 0 Å². The molecule has 0 radical (unpaired) electrons. The summed E-state index contributed by atoms with van der Waals surface area (Å²) in [4.78, 5) is 2.61. The van der Waals surface area contributed by atoms with Gasteiger partial charge in [-0.25, -0.2) is 0 Å². The van der Waals surface area contributed by atoms with Crippen LogP contribution in [-0.2, 0) is 12.8 Å². The Morgan fingerprint density at radius 1 is 1.17 bits per heavy atom. The summed E-state index contributed by atoms with van der Waals surface area (Å²) in [5.74, 6) is 3.39. The lowest BCUT2D eigenvalue weighted by Gasteiger charge is -2.32. The Morgan fingerprint density at radius 2 is 1.96 bits per heavy atom. The number of nitrogens with zero attached hydrogens (tertiary/aromatic N) is 1. The molecule has 3 rings (SSSR count). The van der Waals surface area contributed by atoms with Gasteiger partial charge in [-0.1, -0.05) is 20.3 Å². The Morgan fingerprint density at radius 3 is 2.57 bits per heavy atom. The molecule has 0 aromatic heterocycles. The van der Waals surface area contributed by atoms with Gasteiger partial charge in [0.25, 0.3) is 0 Å². The smallest absolute Gasteiger partial charge is 0.164 e. The van der Waals surface area contributed by atoms with Crippen LogP contribution in [0.3, 0.4) is 0 Å². The molecule has 1 aromatic rings. The summed E-state index contributed by atoms with van der Waals surface area (Å²) in [5.41, 5.74) is 4.50. The molecule has 130 valence electrons. The molecule has 0 bridgehead atoms. The highest BCUT2D eigenvalue weighted by molar-refractivity contribution is 5.85. The second-order valence-corrected chi connectivity index (χ2v) is 6.67. The molecular weight excluding hydrogens is 310 g/mol. The van der Waals surface area contributed by atoms with Crippen molar-refractivity contribution >= 4 is 12.4 Å². The quantitative estimate of drug-likeness (QED) is 0.807. The normalized spacial score (nSPS) is 23.0. The van der Waals surface area contributed by atoms with E-state index in [0.717, 1.165) is 30.3 Å². The van der Waals surface area contributed by atoms with Crippen molar-refractivity contribution in [3.8, 4) is 11.5 Å². The zero-order chi connectivity index (χ0) is 15.7. The van der Waals surface area contributed by atoms with Crippen LogP contribution < -0.4 is 9.47 Å². The molecular formula is C19H30ClNO2. The van der Waals surface area contributed by atoms with Gasteiger partial charge in [-0.15, -0.1) is 12.4 Å². The molecule has 0 amide bonds. The Kier molecular flexibility index (Phi) is 6.21. The van der Waals surface area contributed by atoms with Crippen LogP contribution in [0.1, 0.15) is 49.3 Å². The number of aryl methyl sites for hydroxylation is 1. The molecule has 2 atom stereocenters. The summed E-state index contributed by atoms with van der Waals surface area (Å²) >= 11 is 0. The lowest BCUT2D eigenvalue weighted by atomic mass is 9.74. The maximum absolute atomic E-state index is 5.73. The van der Waals surface area contributed by atoms with Crippen molar-refractivity contribution in [1.82, 2.24) is 4.90 Å². The van der Waals surface area contributed by atoms with Crippen LogP contribution in [0.4, 0.5) is 0 Å². The van der Waals surface area contributed by atoms with Gasteiger partial charge in [0.15, 0.2) is 11.5 Å². The lowest BCUT2D eigenvalue weighted by molar-refractivity contribution is 0.335. The second-order valence-electron chi connectivity index (χ2n) is 6.67. The molecule has 1 fully saturated rings. The van der Waals surface area contributed by atoms with Crippen molar-refractivity contribution in [2.24, 2.45) is 5.92 Å². The number of ether oxygens (including phenoxy) is 2. The first-order valence-corrected chi connectivity index (χ1v) is 8.72. The number of rotatable bonds is 5. The van der Waals surface area contributed by atoms with Gasteiger partial charge in [0.2, 0.25) is 0 Å². The van der Waals surface area contributed by atoms with Crippen molar-refractivity contribution in [2.45, 2.75) is 45.4 Å². The average molecular weight is 340 g/mol. The van der Waals surface area contributed by atoms with Gasteiger partial charge < -0.3 is 14.4 Å². The second kappa shape index (κ2) is 7.76. The molecule has 1 saturated heterocycles. The van der Waals surface area contributed by atoms with E-state index in [1.807, 2.05) is 0 Å². The SMILES string of the molecule is CCCc1cc(OC)c(OC)c2c1C1CN(CC)CC1CC2.Cl. The zero-order valence-corrected chi connectivity index (χ0v) is 15.7. The van der Waals surface area contributed by atoms with Crippen molar-refractivity contribution in [3.05, 3.63) is 22.8 Å². The lowest BCUT2D eigenvalue weighted by Crippen LogP contribution is -2.22. The fourth-order valence-electron chi connectivity index (χ4n) is 4.50. The predicted octanol–water partition coefficient (Wildman–Crippen LogP) is 4.06. The third kappa shape index (κ3) is 3.18. The Hall–Kier alpha value is -0.930. The maximum atomic E-state index is 5.73. The molecule has 2 aliphatic rings. The van der Waals surface area contributed by atoms with Crippen LogP contribution in [0.15, 0.2) is 6.07 Å². The standard InChI is InChI=1S/C19H29NO2.ClH/c1-5-7-13-10-17(21-3)19(22-4)15-9-8-14-11-20(6-2)12-16(14)18(13)15;/h10,14,16H,5-9,11-12H2,1-4H3;1H. The molecule has 23 heavy (non-hydrogen) atoms. The van der Waals surface area contributed by atoms with E-state index in [1.165, 1.54) is 43.6 Å². The predicted molar refractivity (Wildman–Crippen MR) is 97.5 cm³/mol. The first-order valence-electron chi connectivity index (χ1n) is 8.72. The fourth-order valence-corrected chi connectivity index (χ4v) is 4.50. The zero-order valence-electron chi connectivity index (χ0n) is 14.9. The average Bonchev–Trinajstić information content (AvgIpc) is 2.97. The summed E-state index contributed by atoms with van der Waals surface area (Å²) in [5, 5.41) is 0. The molecule has 4 heteroatoms. The Labute approximate surface area is 146 Å². The van der Waals surface area contributed by atoms with Gasteiger partial charge in [0.1, 0.15) is 0 Å². The molecule has 2 unspecified atom stereocenters. The molecule has 1 heterocycles. The number of likely N-dealkylation sites (N-methyl/N-ethyl adjacent to an activating group) is 1. The van der Waals surface area contributed by atoms with Crippen molar-refractivity contribution in [1.29, 1.82) is 0 Å². The van der Waals surface area contributed by atoms with Gasteiger partial charge in [-0.2, -0.15) is 0 Å². The minimum absolute atomic E-state index is 0. The van der Waals surface area contributed by atoms with E-state index in [0.29, 0.717) is 5.92 Å². The summed E-state index contributed by atoms with van der Waals surface area (Å²) in [7, 11) is 3.52. The number of hydrogen-bond acceptors (Lipinski definition) is 3. The van der Waals surface area contributed by atoms with Gasteiger partial charge in [0.05, 0.1) is 14.2 Å². The van der Waals surface area contributed by atoms with Crippen molar-refractivity contribution in [2.75, 3.05) is 33.9 Å². The molecule has 1 aliphatic carbocycles. The minimum Gasteiger partial charge on any atom is -0.493 e. The van der Waals surface area contributed by atoms with Gasteiger partial charge in [0, 0.05) is 24.6 Å².